The lowest BCUT2D eigenvalue weighted by Crippen LogP contribution is -2.32. The van der Waals surface area contributed by atoms with Crippen molar-refractivity contribution in [1.82, 2.24) is 14.5 Å². The third-order valence-electron chi connectivity index (χ3n) is 3.51. The first-order valence-corrected chi connectivity index (χ1v) is 7.79. The Labute approximate surface area is 130 Å². The summed E-state index contributed by atoms with van der Waals surface area (Å²) in [5.41, 5.74) is 1.64. The largest absolute Gasteiger partial charge is 0.549 e. The van der Waals surface area contributed by atoms with E-state index in [0.717, 1.165) is 22.7 Å². The number of aromatic amines is 1. The number of aromatic nitrogens is 3. The molecule has 0 aliphatic rings. The van der Waals surface area contributed by atoms with Crippen LogP contribution in [0.5, 0.6) is 0 Å². The average molecular weight is 316 g/mol. The number of nitrogens with zero attached hydrogens (tertiary/aromatic N) is 2. The molecule has 0 spiro atoms. The fourth-order valence-corrected chi connectivity index (χ4v) is 3.25. The highest BCUT2D eigenvalue weighted by Crippen LogP contribution is 2.26. The zero-order valence-corrected chi connectivity index (χ0v) is 12.9. The maximum atomic E-state index is 12.6. The number of para-hydroxylation sites is 1. The van der Waals surface area contributed by atoms with Gasteiger partial charge in [0, 0.05) is 22.7 Å². The van der Waals surface area contributed by atoms with E-state index < -0.39 is 11.2 Å². The van der Waals surface area contributed by atoms with Gasteiger partial charge in [-0.2, -0.15) is 0 Å². The van der Waals surface area contributed by atoms with Crippen LogP contribution < -0.4 is 10.7 Å². The van der Waals surface area contributed by atoms with Gasteiger partial charge in [0.2, 0.25) is 0 Å². The van der Waals surface area contributed by atoms with E-state index in [0.29, 0.717) is 22.7 Å². The predicted molar refractivity (Wildman–Crippen MR) is 83.9 cm³/mol. The monoisotopic (exact) mass is 316 g/mol. The number of hydrogen-bond acceptors (Lipinski definition) is 5. The van der Waals surface area contributed by atoms with Gasteiger partial charge >= 0.3 is 0 Å². The van der Waals surface area contributed by atoms with Gasteiger partial charge in [0.1, 0.15) is 11.0 Å². The second-order valence-electron chi connectivity index (χ2n) is 4.92. The van der Waals surface area contributed by atoms with Gasteiger partial charge in [-0.25, -0.2) is 4.98 Å². The summed E-state index contributed by atoms with van der Waals surface area (Å²) >= 11 is 1.02. The van der Waals surface area contributed by atoms with E-state index in [4.69, 9.17) is 0 Å². The number of fused-ring (bicyclic) bond motifs is 3. The van der Waals surface area contributed by atoms with Crippen molar-refractivity contribution in [2.75, 3.05) is 0 Å². The minimum atomic E-state index is -1.18. The van der Waals surface area contributed by atoms with Crippen LogP contribution in [0.25, 0.3) is 21.9 Å². The van der Waals surface area contributed by atoms with Gasteiger partial charge in [0.25, 0.3) is 5.56 Å². The number of carbonyl (C=O) groups excluding carboxylic acids is 1. The Kier molecular flexibility index (Phi) is 3.66. The second kappa shape index (κ2) is 5.49. The normalized spacial score (nSPS) is 12.8. The number of benzene rings is 1. The Morgan fingerprint density at radius 2 is 2.18 bits per heavy atom. The molecule has 1 N–H and O–H groups in total. The van der Waals surface area contributed by atoms with Crippen LogP contribution in [0.2, 0.25) is 0 Å². The molecular weight excluding hydrogens is 302 g/mol. The molecule has 3 rings (SSSR count). The van der Waals surface area contributed by atoms with Crippen LogP contribution in [-0.2, 0) is 11.3 Å². The molecule has 0 saturated heterocycles. The first-order valence-electron chi connectivity index (χ1n) is 6.91. The summed E-state index contributed by atoms with van der Waals surface area (Å²) in [7, 11) is 0. The van der Waals surface area contributed by atoms with Gasteiger partial charge in [-0.3, -0.25) is 9.36 Å². The molecule has 0 unspecified atom stereocenters. The lowest BCUT2D eigenvalue weighted by atomic mass is 10.2. The highest BCUT2D eigenvalue weighted by molar-refractivity contribution is 8.00. The summed E-state index contributed by atoms with van der Waals surface area (Å²) in [4.78, 5) is 31.2. The summed E-state index contributed by atoms with van der Waals surface area (Å²) in [6.45, 7) is 3.76. The van der Waals surface area contributed by atoms with Gasteiger partial charge in [-0.05, 0) is 19.9 Å². The van der Waals surface area contributed by atoms with Crippen LogP contribution >= 0.6 is 11.8 Å². The first-order chi connectivity index (χ1) is 10.5. The Morgan fingerprint density at radius 1 is 1.45 bits per heavy atom. The van der Waals surface area contributed by atoms with Gasteiger partial charge in [-0.15, -0.1) is 0 Å². The topological polar surface area (TPSA) is 90.8 Å². The van der Waals surface area contributed by atoms with Crippen molar-refractivity contribution in [3.05, 3.63) is 34.6 Å². The molecule has 2 heterocycles. The minimum Gasteiger partial charge on any atom is -0.549 e. The fraction of sp³-hybridized carbons (Fsp3) is 0.267. The maximum absolute atomic E-state index is 12.6. The van der Waals surface area contributed by atoms with E-state index >= 15 is 0 Å². The number of carboxylic acid groups (broad SMARTS) is 1. The van der Waals surface area contributed by atoms with E-state index in [1.54, 1.807) is 0 Å². The molecule has 0 radical (unpaired) electrons. The van der Waals surface area contributed by atoms with Crippen molar-refractivity contribution in [1.29, 1.82) is 0 Å². The molecule has 2 aromatic heterocycles. The fourth-order valence-electron chi connectivity index (χ4n) is 2.35. The number of rotatable bonds is 4. The molecule has 7 heteroatoms. The van der Waals surface area contributed by atoms with Crippen LogP contribution in [-0.4, -0.2) is 25.8 Å². The molecule has 0 amide bonds. The van der Waals surface area contributed by atoms with Gasteiger partial charge in [0.05, 0.1) is 5.97 Å². The third kappa shape index (κ3) is 2.27. The van der Waals surface area contributed by atoms with Crippen molar-refractivity contribution in [3.8, 4) is 0 Å². The van der Waals surface area contributed by atoms with Crippen molar-refractivity contribution in [2.24, 2.45) is 0 Å². The van der Waals surface area contributed by atoms with Crippen molar-refractivity contribution >= 4 is 39.7 Å². The summed E-state index contributed by atoms with van der Waals surface area (Å²) < 4.78 is 1.47. The quantitative estimate of drug-likeness (QED) is 0.575. The highest BCUT2D eigenvalue weighted by atomic mass is 32.2. The molecule has 3 aromatic rings. The summed E-state index contributed by atoms with van der Waals surface area (Å²) in [6.07, 6.45) is 0. The Bertz CT molecular complexity index is 929. The SMILES string of the molecule is CCn1c(S[C@H](C)C(=O)[O-])nc2c([nH]c3ccccc32)c1=O. The molecule has 22 heavy (non-hydrogen) atoms. The van der Waals surface area contributed by atoms with E-state index in [2.05, 4.69) is 9.97 Å². The molecule has 1 aromatic carbocycles. The number of carboxylic acids is 1. The van der Waals surface area contributed by atoms with Crippen LogP contribution in [0.3, 0.4) is 0 Å². The van der Waals surface area contributed by atoms with E-state index in [-0.39, 0.29) is 5.56 Å². The minimum absolute atomic E-state index is 0.197. The Morgan fingerprint density at radius 3 is 2.86 bits per heavy atom. The Balaban J connectivity index is 2.29. The molecule has 0 bridgehead atoms. The van der Waals surface area contributed by atoms with Gasteiger partial charge in [-0.1, -0.05) is 30.0 Å². The summed E-state index contributed by atoms with van der Waals surface area (Å²) in [6, 6.07) is 7.51. The second-order valence-corrected chi connectivity index (χ2v) is 6.23. The lowest BCUT2D eigenvalue weighted by Gasteiger charge is -2.15. The van der Waals surface area contributed by atoms with Gasteiger partial charge in [0.15, 0.2) is 5.16 Å². The van der Waals surface area contributed by atoms with E-state index in [1.165, 1.54) is 11.5 Å². The highest BCUT2D eigenvalue weighted by Gasteiger charge is 2.17. The molecule has 0 aliphatic heterocycles. The number of carbonyl (C=O) groups is 1. The zero-order chi connectivity index (χ0) is 15.9. The maximum Gasteiger partial charge on any atom is 0.278 e. The van der Waals surface area contributed by atoms with Crippen LogP contribution in [0.15, 0.2) is 34.2 Å². The molecule has 0 saturated carbocycles. The third-order valence-corrected chi connectivity index (χ3v) is 4.57. The van der Waals surface area contributed by atoms with Crippen LogP contribution in [0.4, 0.5) is 0 Å². The van der Waals surface area contributed by atoms with Crippen molar-refractivity contribution in [3.63, 3.8) is 0 Å². The average Bonchev–Trinajstić information content (AvgIpc) is 2.87. The lowest BCUT2D eigenvalue weighted by molar-refractivity contribution is -0.304. The standard InChI is InChI=1S/C15H15N3O3S/c1-3-18-13(19)12-11(9-6-4-5-7-10(9)16-12)17-15(18)22-8(2)14(20)21/h4-8,16H,3H2,1-2H3,(H,20,21)/p-1/t8-/m1/s1. The van der Waals surface area contributed by atoms with E-state index in [9.17, 15) is 14.7 Å². The molecule has 6 nitrogen and oxygen atoms in total. The molecule has 0 aliphatic carbocycles. The number of H-pyrrole nitrogens is 1. The molecule has 114 valence electrons. The molecular formula is C15H14N3O3S-. The molecule has 1 atom stereocenters. The van der Waals surface area contributed by atoms with Crippen LogP contribution in [0, 0.1) is 0 Å². The number of aliphatic carboxylic acids is 1. The number of thioether (sulfide) groups is 1. The van der Waals surface area contributed by atoms with Crippen LogP contribution in [0.1, 0.15) is 13.8 Å². The number of nitrogens with one attached hydrogen (secondary N) is 1. The first kappa shape index (κ1) is 14.6. The summed E-state index contributed by atoms with van der Waals surface area (Å²) in [5.74, 6) is -1.18. The van der Waals surface area contributed by atoms with Crippen molar-refractivity contribution in [2.45, 2.75) is 30.8 Å². The van der Waals surface area contributed by atoms with E-state index in [1.807, 2.05) is 31.2 Å². The number of hydrogen-bond donors (Lipinski definition) is 1. The summed E-state index contributed by atoms with van der Waals surface area (Å²) in [5, 5.41) is 11.4. The smallest absolute Gasteiger partial charge is 0.278 e. The Hall–Kier alpha value is -2.28. The zero-order valence-electron chi connectivity index (χ0n) is 12.1. The van der Waals surface area contributed by atoms with Crippen molar-refractivity contribution < 1.29 is 9.90 Å². The predicted octanol–water partition coefficient (Wildman–Crippen LogP) is 1.13. The van der Waals surface area contributed by atoms with Gasteiger partial charge < -0.3 is 14.9 Å². The molecule has 0 fully saturated rings.